The highest BCUT2D eigenvalue weighted by molar-refractivity contribution is 7.53. The van der Waals surface area contributed by atoms with E-state index in [2.05, 4.69) is 15.8 Å². The lowest BCUT2D eigenvalue weighted by Crippen LogP contribution is -2.46. The molecule has 7 atom stereocenters. The molecule has 4 fully saturated rings. The van der Waals surface area contributed by atoms with Crippen molar-refractivity contribution in [3.63, 3.8) is 0 Å². The molecule has 6 rings (SSSR count). The second-order valence-corrected chi connectivity index (χ2v) is 19.9. The Balaban J connectivity index is 1.03. The van der Waals surface area contributed by atoms with Gasteiger partial charge in [-0.1, -0.05) is 5.92 Å². The standard InChI is InChI=1S/C40H63ClN5O12P/c1-10-13-48-14-15-49-16-17-50-18-19-51-20-21-53-31-27-11-12-28(31)24-45(23-27)34-29-22-42-46(35(29)44-37(41)43-34)36-33-32(55-40(8,9)56-33)30(54-36)25-52-26-59(47,57-38(2,3)4)58-39(5,6)7/h1,22,27-28,30-33,36H,11-21,23-26H2,2-9H3/t27-,28?,30-,31?,32-,33-,36-/m1/s1. The third-order valence-corrected chi connectivity index (χ3v) is 12.3. The second-order valence-electron chi connectivity index (χ2n) is 17.7. The molecule has 2 aromatic heterocycles. The Morgan fingerprint density at radius 1 is 0.864 bits per heavy atom. The average Bonchev–Trinajstić information content (AvgIpc) is 3.84. The Hall–Kier alpha value is -2.01. The number of aromatic nitrogens is 4. The fraction of sp³-hybridized carbons (Fsp3) is 0.825. The minimum absolute atomic E-state index is 0.0463. The van der Waals surface area contributed by atoms with E-state index in [4.69, 9.17) is 79.8 Å². The van der Waals surface area contributed by atoms with Gasteiger partial charge in [-0.15, -0.1) is 6.42 Å². The first kappa shape index (κ1) is 46.5. The van der Waals surface area contributed by atoms with Crippen LogP contribution in [0, 0.1) is 24.2 Å². The van der Waals surface area contributed by atoms with Crippen LogP contribution >= 0.6 is 19.2 Å². The zero-order valence-corrected chi connectivity index (χ0v) is 37.4. The first-order valence-electron chi connectivity index (χ1n) is 20.6. The van der Waals surface area contributed by atoms with Gasteiger partial charge in [-0.3, -0.25) is 4.57 Å². The topological polar surface area (TPSA) is 165 Å². The summed E-state index contributed by atoms with van der Waals surface area (Å²) in [5.41, 5.74) is -0.912. The molecule has 19 heteroatoms. The number of piperidine rings is 1. The molecule has 0 amide bonds. The quantitative estimate of drug-likeness (QED) is 0.0619. The van der Waals surface area contributed by atoms with Gasteiger partial charge in [-0.25, -0.2) is 4.68 Å². The van der Waals surface area contributed by atoms with Crippen molar-refractivity contribution in [2.45, 2.75) is 116 Å². The van der Waals surface area contributed by atoms with Crippen LogP contribution in [0.1, 0.15) is 74.5 Å². The fourth-order valence-corrected chi connectivity index (χ4v) is 10.4. The molecular formula is C40H63ClN5O12P. The van der Waals surface area contributed by atoms with Crippen molar-refractivity contribution < 1.29 is 56.2 Å². The summed E-state index contributed by atoms with van der Waals surface area (Å²) in [6, 6.07) is 0. The number of ether oxygens (including phenoxy) is 9. The van der Waals surface area contributed by atoms with E-state index >= 15 is 0 Å². The van der Waals surface area contributed by atoms with Crippen LogP contribution in [-0.2, 0) is 56.2 Å². The molecule has 2 bridgehead atoms. The second kappa shape index (κ2) is 20.0. The van der Waals surface area contributed by atoms with Gasteiger partial charge in [0.15, 0.2) is 17.7 Å². The highest BCUT2D eigenvalue weighted by atomic mass is 35.5. The summed E-state index contributed by atoms with van der Waals surface area (Å²) in [6.07, 6.45) is 6.55. The van der Waals surface area contributed by atoms with E-state index in [-0.39, 0.29) is 24.3 Å². The van der Waals surface area contributed by atoms with Crippen molar-refractivity contribution in [3.05, 3.63) is 11.5 Å². The molecule has 0 spiro atoms. The van der Waals surface area contributed by atoms with E-state index in [1.165, 1.54) is 0 Å². The lowest BCUT2D eigenvalue weighted by Gasteiger charge is -2.38. The predicted octanol–water partition coefficient (Wildman–Crippen LogP) is 5.63. The number of rotatable bonds is 22. The van der Waals surface area contributed by atoms with Crippen LogP contribution in [0.15, 0.2) is 6.20 Å². The molecule has 17 nitrogen and oxygen atoms in total. The van der Waals surface area contributed by atoms with Crippen LogP contribution in [0.5, 0.6) is 0 Å². The molecule has 0 radical (unpaired) electrons. The molecule has 332 valence electrons. The van der Waals surface area contributed by atoms with Gasteiger partial charge in [0.2, 0.25) is 5.28 Å². The van der Waals surface area contributed by atoms with Crippen LogP contribution < -0.4 is 4.90 Å². The van der Waals surface area contributed by atoms with E-state index in [1.807, 2.05) is 55.4 Å². The summed E-state index contributed by atoms with van der Waals surface area (Å²) in [5, 5.41) is 5.62. The summed E-state index contributed by atoms with van der Waals surface area (Å²) in [5.74, 6) is 2.91. The lowest BCUT2D eigenvalue weighted by molar-refractivity contribution is -0.202. The molecule has 59 heavy (non-hydrogen) atoms. The van der Waals surface area contributed by atoms with Gasteiger partial charge >= 0.3 is 7.60 Å². The van der Waals surface area contributed by atoms with Gasteiger partial charge in [-0.2, -0.15) is 15.1 Å². The first-order valence-corrected chi connectivity index (χ1v) is 22.7. The molecule has 2 aromatic rings. The van der Waals surface area contributed by atoms with E-state index in [1.54, 1.807) is 10.9 Å². The maximum atomic E-state index is 13.8. The van der Waals surface area contributed by atoms with Crippen molar-refractivity contribution in [3.8, 4) is 12.3 Å². The third kappa shape index (κ3) is 12.8. The van der Waals surface area contributed by atoms with Crippen LogP contribution in [-0.4, -0.2) is 147 Å². The third-order valence-electron chi connectivity index (χ3n) is 10.0. The molecule has 0 aromatic carbocycles. The molecule has 5 heterocycles. The monoisotopic (exact) mass is 871 g/mol. The largest absolute Gasteiger partial charge is 0.377 e. The van der Waals surface area contributed by atoms with E-state index < -0.39 is 49.1 Å². The minimum Gasteiger partial charge on any atom is -0.377 e. The van der Waals surface area contributed by atoms with E-state index in [0.29, 0.717) is 76.9 Å². The maximum absolute atomic E-state index is 13.8. The summed E-state index contributed by atoms with van der Waals surface area (Å²) in [7, 11) is -3.65. The highest BCUT2D eigenvalue weighted by Gasteiger charge is 2.57. The first-order chi connectivity index (χ1) is 27.9. The summed E-state index contributed by atoms with van der Waals surface area (Å²) in [4.78, 5) is 11.6. The fourth-order valence-electron chi connectivity index (χ4n) is 8.14. The minimum atomic E-state index is -3.65. The van der Waals surface area contributed by atoms with Gasteiger partial charge in [0.25, 0.3) is 0 Å². The van der Waals surface area contributed by atoms with E-state index in [9.17, 15) is 4.57 Å². The smallest absolute Gasteiger partial charge is 0.357 e. The Morgan fingerprint density at radius 2 is 1.44 bits per heavy atom. The normalized spacial score (nSPS) is 26.8. The molecule has 0 N–H and O–H groups in total. The summed E-state index contributed by atoms with van der Waals surface area (Å²) < 4.78 is 81.0. The Bertz CT molecular complexity index is 1730. The van der Waals surface area contributed by atoms with Crippen molar-refractivity contribution in [2.75, 3.05) is 90.4 Å². The number of hydrogen-bond donors (Lipinski definition) is 0. The SMILES string of the molecule is C#CCOCCOCCOCCOCCOC1C2CC[C@@H]1CN(c1nc(Cl)nc3c1cnn3[C@@H]1O[C@H](COCP(=O)(OC(C)(C)C)OC(C)(C)C)[C@H]3OC(C)(C)O[C@H]31)C2. The molecule has 1 saturated carbocycles. The van der Waals surface area contributed by atoms with Gasteiger partial charge in [0.1, 0.15) is 37.1 Å². The molecule has 4 aliphatic rings. The molecule has 3 aliphatic heterocycles. The Labute approximate surface area is 353 Å². The highest BCUT2D eigenvalue weighted by Crippen LogP contribution is 2.54. The van der Waals surface area contributed by atoms with Crippen LogP contribution in [0.3, 0.4) is 0 Å². The number of terminal acetylenes is 1. The van der Waals surface area contributed by atoms with Crippen LogP contribution in [0.25, 0.3) is 11.0 Å². The molecule has 3 saturated heterocycles. The van der Waals surface area contributed by atoms with Crippen molar-refractivity contribution in [1.29, 1.82) is 0 Å². The zero-order valence-electron chi connectivity index (χ0n) is 35.8. The van der Waals surface area contributed by atoms with Crippen LogP contribution in [0.4, 0.5) is 5.82 Å². The number of hydrogen-bond acceptors (Lipinski definition) is 16. The molecule has 2 unspecified atom stereocenters. The summed E-state index contributed by atoms with van der Waals surface area (Å²) in [6.45, 7) is 20.4. The number of nitrogens with zero attached hydrogens (tertiary/aromatic N) is 5. The average molecular weight is 872 g/mol. The molecule has 1 aliphatic carbocycles. The molecular weight excluding hydrogens is 809 g/mol. The van der Waals surface area contributed by atoms with Gasteiger partial charge in [0.05, 0.1) is 88.4 Å². The maximum Gasteiger partial charge on any atom is 0.357 e. The lowest BCUT2D eigenvalue weighted by atomic mass is 9.94. The number of fused-ring (bicyclic) bond motifs is 4. The van der Waals surface area contributed by atoms with Crippen molar-refractivity contribution in [2.24, 2.45) is 11.8 Å². The Morgan fingerprint density at radius 3 is 2.03 bits per heavy atom. The Kier molecular flexibility index (Phi) is 15.8. The zero-order chi connectivity index (χ0) is 42.4. The van der Waals surface area contributed by atoms with Crippen molar-refractivity contribution >= 4 is 36.0 Å². The van der Waals surface area contributed by atoms with E-state index in [0.717, 1.165) is 37.1 Å². The predicted molar refractivity (Wildman–Crippen MR) is 218 cm³/mol. The van der Waals surface area contributed by atoms with Gasteiger partial charge < -0.3 is 56.6 Å². The van der Waals surface area contributed by atoms with Crippen molar-refractivity contribution in [1.82, 2.24) is 19.7 Å². The summed E-state index contributed by atoms with van der Waals surface area (Å²) >= 11 is 6.64. The van der Waals surface area contributed by atoms with Gasteiger partial charge in [0, 0.05) is 24.9 Å². The van der Waals surface area contributed by atoms with Gasteiger partial charge in [-0.05, 0) is 79.8 Å². The number of halogens is 1. The number of anilines is 1. The van der Waals surface area contributed by atoms with Crippen LogP contribution in [0.2, 0.25) is 5.28 Å².